The second-order valence-electron chi connectivity index (χ2n) is 6.06. The van der Waals surface area contributed by atoms with E-state index in [-0.39, 0.29) is 30.3 Å². The van der Waals surface area contributed by atoms with Crippen molar-refractivity contribution in [2.75, 3.05) is 13.6 Å². The fraction of sp³-hybridized carbons (Fsp3) is 0.316. The van der Waals surface area contributed by atoms with Gasteiger partial charge in [-0.3, -0.25) is 9.69 Å². The summed E-state index contributed by atoms with van der Waals surface area (Å²) in [5, 5.41) is 2.69. The molecule has 27 heavy (non-hydrogen) atoms. The molecule has 0 saturated carbocycles. The van der Waals surface area contributed by atoms with E-state index in [1.54, 1.807) is 31.0 Å². The lowest BCUT2D eigenvalue weighted by Gasteiger charge is -2.25. The molecule has 1 unspecified atom stereocenters. The highest BCUT2D eigenvalue weighted by Crippen LogP contribution is 2.22. The van der Waals surface area contributed by atoms with Gasteiger partial charge in [-0.2, -0.15) is 8.78 Å². The van der Waals surface area contributed by atoms with E-state index >= 15 is 0 Å². The Morgan fingerprint density at radius 2 is 1.81 bits per heavy atom. The standard InChI is InChI=1S/C19H20F4N2O2/c1-12(16-9-14(20)5-8-17(16)21)25(2)11-18(26)24-10-13-3-6-15(7-4-13)27-19(22)23/h3-9,12,19H,10-11H2,1-2H3,(H,24,26). The Bertz CT molecular complexity index is 769. The lowest BCUT2D eigenvalue weighted by atomic mass is 10.1. The van der Waals surface area contributed by atoms with Gasteiger partial charge in [0.1, 0.15) is 17.4 Å². The SMILES string of the molecule is CC(c1cc(F)ccc1F)N(C)CC(=O)NCc1ccc(OC(F)F)cc1. The van der Waals surface area contributed by atoms with Crippen molar-refractivity contribution in [1.82, 2.24) is 10.2 Å². The van der Waals surface area contributed by atoms with E-state index < -0.39 is 24.3 Å². The summed E-state index contributed by atoms with van der Waals surface area (Å²) in [6.07, 6.45) is 0. The van der Waals surface area contributed by atoms with Gasteiger partial charge in [0.25, 0.3) is 0 Å². The number of likely N-dealkylation sites (N-methyl/N-ethyl adjacent to an activating group) is 1. The maximum atomic E-state index is 13.8. The van der Waals surface area contributed by atoms with Gasteiger partial charge in [0, 0.05) is 18.2 Å². The number of halogens is 4. The first kappa shape index (κ1) is 20.7. The molecule has 1 N–H and O–H groups in total. The summed E-state index contributed by atoms with van der Waals surface area (Å²) in [4.78, 5) is 13.7. The molecule has 0 radical (unpaired) electrons. The molecule has 8 heteroatoms. The maximum absolute atomic E-state index is 13.8. The predicted octanol–water partition coefficient (Wildman–Crippen LogP) is 3.88. The summed E-state index contributed by atoms with van der Waals surface area (Å²) in [6.45, 7) is -1.04. The Morgan fingerprint density at radius 1 is 1.15 bits per heavy atom. The highest BCUT2D eigenvalue weighted by Gasteiger charge is 2.18. The highest BCUT2D eigenvalue weighted by molar-refractivity contribution is 5.78. The maximum Gasteiger partial charge on any atom is 0.387 e. The summed E-state index contributed by atoms with van der Waals surface area (Å²) in [6, 6.07) is 8.59. The van der Waals surface area contributed by atoms with Crippen LogP contribution in [-0.4, -0.2) is 31.0 Å². The minimum atomic E-state index is -2.89. The number of alkyl halides is 2. The van der Waals surface area contributed by atoms with Crippen LogP contribution in [-0.2, 0) is 11.3 Å². The Morgan fingerprint density at radius 3 is 2.44 bits per heavy atom. The van der Waals surface area contributed by atoms with Crippen molar-refractivity contribution in [1.29, 1.82) is 0 Å². The van der Waals surface area contributed by atoms with Crippen molar-refractivity contribution in [3.05, 3.63) is 65.2 Å². The van der Waals surface area contributed by atoms with Crippen LogP contribution in [0.3, 0.4) is 0 Å². The Kier molecular flexibility index (Phi) is 7.18. The number of carbonyl (C=O) groups is 1. The summed E-state index contributed by atoms with van der Waals surface area (Å²) in [5.41, 5.74) is 0.872. The van der Waals surface area contributed by atoms with Gasteiger partial charge in [-0.25, -0.2) is 8.78 Å². The number of benzene rings is 2. The van der Waals surface area contributed by atoms with Crippen molar-refractivity contribution in [2.45, 2.75) is 26.1 Å². The molecule has 0 aliphatic carbocycles. The normalized spacial score (nSPS) is 12.3. The molecule has 4 nitrogen and oxygen atoms in total. The van der Waals surface area contributed by atoms with Gasteiger partial charge in [0.05, 0.1) is 6.54 Å². The molecule has 146 valence electrons. The minimum Gasteiger partial charge on any atom is -0.435 e. The van der Waals surface area contributed by atoms with Gasteiger partial charge >= 0.3 is 6.61 Å². The van der Waals surface area contributed by atoms with Crippen LogP contribution in [0.1, 0.15) is 24.1 Å². The van der Waals surface area contributed by atoms with Crippen LogP contribution in [0, 0.1) is 11.6 Å². The molecule has 2 aromatic rings. The van der Waals surface area contributed by atoms with E-state index in [0.717, 1.165) is 18.2 Å². The van der Waals surface area contributed by atoms with Crippen molar-refractivity contribution in [3.8, 4) is 5.75 Å². The minimum absolute atomic E-state index is 0.0241. The van der Waals surface area contributed by atoms with E-state index in [9.17, 15) is 22.4 Å². The van der Waals surface area contributed by atoms with Gasteiger partial charge in [-0.15, -0.1) is 0 Å². The number of amides is 1. The monoisotopic (exact) mass is 384 g/mol. The molecule has 0 heterocycles. The van der Waals surface area contributed by atoms with Gasteiger partial charge in [-0.1, -0.05) is 12.1 Å². The number of nitrogens with one attached hydrogen (secondary N) is 1. The van der Waals surface area contributed by atoms with Crippen LogP contribution in [0.25, 0.3) is 0 Å². The van der Waals surface area contributed by atoms with Crippen LogP contribution < -0.4 is 10.1 Å². The van der Waals surface area contributed by atoms with Crippen molar-refractivity contribution in [2.24, 2.45) is 0 Å². The first-order valence-corrected chi connectivity index (χ1v) is 8.22. The number of nitrogens with zero attached hydrogens (tertiary/aromatic N) is 1. The zero-order valence-electron chi connectivity index (χ0n) is 14.9. The first-order chi connectivity index (χ1) is 12.8. The predicted molar refractivity (Wildman–Crippen MR) is 92.3 cm³/mol. The van der Waals surface area contributed by atoms with Crippen molar-refractivity contribution < 1.29 is 27.1 Å². The van der Waals surface area contributed by atoms with Crippen LogP contribution in [0.5, 0.6) is 5.75 Å². The number of hydrogen-bond donors (Lipinski definition) is 1. The molecule has 2 aromatic carbocycles. The zero-order chi connectivity index (χ0) is 20.0. The van der Waals surface area contributed by atoms with Crippen LogP contribution in [0.15, 0.2) is 42.5 Å². The van der Waals surface area contributed by atoms with Gasteiger partial charge in [0.15, 0.2) is 0 Å². The summed E-state index contributed by atoms with van der Waals surface area (Å²) in [5.74, 6) is -1.36. The lowest BCUT2D eigenvalue weighted by molar-refractivity contribution is -0.122. The van der Waals surface area contributed by atoms with E-state index in [1.165, 1.54) is 12.1 Å². The van der Waals surface area contributed by atoms with Gasteiger partial charge < -0.3 is 10.1 Å². The molecule has 0 aromatic heterocycles. The Hall–Kier alpha value is -2.61. The fourth-order valence-corrected chi connectivity index (χ4v) is 2.48. The van der Waals surface area contributed by atoms with E-state index in [0.29, 0.717) is 5.56 Å². The molecule has 0 aliphatic heterocycles. The number of ether oxygens (including phenoxy) is 1. The third kappa shape index (κ3) is 6.25. The second kappa shape index (κ2) is 9.36. The molecule has 1 amide bonds. The molecule has 2 rings (SSSR count). The third-order valence-corrected chi connectivity index (χ3v) is 4.10. The number of rotatable bonds is 8. The smallest absolute Gasteiger partial charge is 0.387 e. The number of hydrogen-bond acceptors (Lipinski definition) is 3. The van der Waals surface area contributed by atoms with Crippen LogP contribution in [0.2, 0.25) is 0 Å². The summed E-state index contributed by atoms with van der Waals surface area (Å²) >= 11 is 0. The molecule has 0 saturated heterocycles. The van der Waals surface area contributed by atoms with Crippen LogP contribution >= 0.6 is 0 Å². The Labute approximate surface area is 154 Å². The average Bonchev–Trinajstić information content (AvgIpc) is 2.62. The fourth-order valence-electron chi connectivity index (χ4n) is 2.48. The average molecular weight is 384 g/mol. The highest BCUT2D eigenvalue weighted by atomic mass is 19.3. The van der Waals surface area contributed by atoms with Crippen LogP contribution in [0.4, 0.5) is 17.6 Å². The van der Waals surface area contributed by atoms with Gasteiger partial charge in [-0.05, 0) is 49.9 Å². The first-order valence-electron chi connectivity index (χ1n) is 8.22. The molecular weight excluding hydrogens is 364 g/mol. The third-order valence-electron chi connectivity index (χ3n) is 4.10. The topological polar surface area (TPSA) is 41.6 Å². The summed E-state index contributed by atoms with van der Waals surface area (Å²) < 4.78 is 55.6. The quantitative estimate of drug-likeness (QED) is 0.703. The number of carbonyl (C=O) groups excluding carboxylic acids is 1. The Balaban J connectivity index is 1.86. The van der Waals surface area contributed by atoms with Crippen molar-refractivity contribution >= 4 is 5.91 Å². The van der Waals surface area contributed by atoms with Crippen molar-refractivity contribution in [3.63, 3.8) is 0 Å². The molecule has 0 spiro atoms. The largest absolute Gasteiger partial charge is 0.435 e. The van der Waals surface area contributed by atoms with E-state index in [2.05, 4.69) is 10.1 Å². The zero-order valence-corrected chi connectivity index (χ0v) is 14.9. The van der Waals surface area contributed by atoms with Gasteiger partial charge in [0.2, 0.25) is 5.91 Å². The molecule has 0 bridgehead atoms. The van der Waals surface area contributed by atoms with E-state index in [1.807, 2.05) is 0 Å². The van der Waals surface area contributed by atoms with E-state index in [4.69, 9.17) is 0 Å². The molecular formula is C19H20F4N2O2. The molecule has 1 atom stereocenters. The lowest BCUT2D eigenvalue weighted by Crippen LogP contribution is -2.36. The second-order valence-corrected chi connectivity index (χ2v) is 6.06. The summed E-state index contributed by atoms with van der Waals surface area (Å²) in [7, 11) is 1.63. The molecule has 0 fully saturated rings. The molecule has 0 aliphatic rings.